The molecule has 0 amide bonds. The summed E-state index contributed by atoms with van der Waals surface area (Å²) in [5.41, 5.74) is 0. The SMILES string of the molecule is CNCCC[N+](C)(C)CC(O)OS(=O)(=O)O. The van der Waals surface area contributed by atoms with Crippen LogP contribution in [0.1, 0.15) is 6.42 Å². The minimum Gasteiger partial charge on any atom is -0.363 e. The Bertz CT molecular complexity index is 291. The molecule has 0 saturated heterocycles. The number of likely N-dealkylation sites (N-methyl/N-ethyl adjacent to an activating group) is 1. The topological polar surface area (TPSA) is 95.9 Å². The average Bonchev–Trinajstić information content (AvgIpc) is 1.98. The zero-order valence-electron chi connectivity index (χ0n) is 9.88. The Morgan fingerprint density at radius 3 is 2.44 bits per heavy atom. The van der Waals surface area contributed by atoms with Crippen molar-refractivity contribution in [3.05, 3.63) is 0 Å². The van der Waals surface area contributed by atoms with E-state index in [0.29, 0.717) is 4.48 Å². The molecule has 0 aliphatic heterocycles. The molecule has 8 heteroatoms. The van der Waals surface area contributed by atoms with Crippen LogP contribution in [0.5, 0.6) is 0 Å². The molecular weight excluding hydrogens is 236 g/mol. The molecule has 3 N–H and O–H groups in total. The lowest BCUT2D eigenvalue weighted by Gasteiger charge is -2.31. The molecule has 7 nitrogen and oxygen atoms in total. The molecule has 0 heterocycles. The van der Waals surface area contributed by atoms with Gasteiger partial charge in [-0.15, -0.1) is 0 Å². The molecule has 0 aromatic rings. The van der Waals surface area contributed by atoms with Gasteiger partial charge in [-0.3, -0.25) is 4.55 Å². The lowest BCUT2D eigenvalue weighted by molar-refractivity contribution is -0.895. The van der Waals surface area contributed by atoms with Crippen molar-refractivity contribution >= 4 is 10.4 Å². The van der Waals surface area contributed by atoms with E-state index in [9.17, 15) is 13.5 Å². The minimum atomic E-state index is -4.59. The van der Waals surface area contributed by atoms with Crippen molar-refractivity contribution in [3.63, 3.8) is 0 Å². The van der Waals surface area contributed by atoms with E-state index in [-0.39, 0.29) is 6.54 Å². The van der Waals surface area contributed by atoms with Crippen LogP contribution in [0.25, 0.3) is 0 Å². The Morgan fingerprint density at radius 1 is 1.44 bits per heavy atom. The number of hydrogen-bond acceptors (Lipinski definition) is 5. The van der Waals surface area contributed by atoms with Crippen molar-refractivity contribution in [3.8, 4) is 0 Å². The summed E-state index contributed by atoms with van der Waals surface area (Å²) in [6, 6.07) is 0. The average molecular weight is 257 g/mol. The van der Waals surface area contributed by atoms with Gasteiger partial charge in [0.25, 0.3) is 0 Å². The summed E-state index contributed by atoms with van der Waals surface area (Å²) in [6.07, 6.45) is -0.637. The van der Waals surface area contributed by atoms with E-state index >= 15 is 0 Å². The lowest BCUT2D eigenvalue weighted by Crippen LogP contribution is -2.47. The van der Waals surface area contributed by atoms with E-state index in [1.165, 1.54) is 0 Å². The number of quaternary nitrogens is 1. The summed E-state index contributed by atoms with van der Waals surface area (Å²) in [6.45, 7) is 1.69. The number of aliphatic hydroxyl groups excluding tert-OH is 1. The highest BCUT2D eigenvalue weighted by molar-refractivity contribution is 7.80. The summed E-state index contributed by atoms with van der Waals surface area (Å²) in [4.78, 5) is 0. The third-order valence-electron chi connectivity index (χ3n) is 2.07. The predicted molar refractivity (Wildman–Crippen MR) is 59.0 cm³/mol. The Labute approximate surface area is 96.6 Å². The molecule has 0 radical (unpaired) electrons. The highest BCUT2D eigenvalue weighted by Gasteiger charge is 2.24. The molecule has 1 unspecified atom stereocenters. The van der Waals surface area contributed by atoms with Crippen LogP contribution in [-0.4, -0.2) is 69.6 Å². The van der Waals surface area contributed by atoms with Crippen LogP contribution in [0.2, 0.25) is 0 Å². The third kappa shape index (κ3) is 9.01. The first-order valence-electron chi connectivity index (χ1n) is 4.97. The van der Waals surface area contributed by atoms with Gasteiger partial charge in [-0.25, -0.2) is 4.18 Å². The van der Waals surface area contributed by atoms with Gasteiger partial charge in [0.2, 0.25) is 6.29 Å². The number of aliphatic hydroxyl groups is 1. The highest BCUT2D eigenvalue weighted by Crippen LogP contribution is 2.04. The Kier molecular flexibility index (Phi) is 6.38. The molecule has 0 aliphatic carbocycles. The summed E-state index contributed by atoms with van der Waals surface area (Å²) < 4.78 is 33.5. The molecule has 1 atom stereocenters. The number of rotatable bonds is 8. The number of hydrogen-bond donors (Lipinski definition) is 3. The van der Waals surface area contributed by atoms with Crippen molar-refractivity contribution in [2.75, 3.05) is 40.8 Å². The third-order valence-corrected chi connectivity index (χ3v) is 2.54. The molecule has 0 aliphatic rings. The fourth-order valence-electron chi connectivity index (χ4n) is 1.37. The van der Waals surface area contributed by atoms with Crippen LogP contribution < -0.4 is 5.32 Å². The monoisotopic (exact) mass is 257 g/mol. The molecule has 0 saturated carbocycles. The van der Waals surface area contributed by atoms with Crippen LogP contribution in [0.4, 0.5) is 0 Å². The van der Waals surface area contributed by atoms with Crippen molar-refractivity contribution in [1.82, 2.24) is 5.32 Å². The van der Waals surface area contributed by atoms with Gasteiger partial charge in [0.15, 0.2) is 0 Å². The Balaban J connectivity index is 4.04. The normalized spacial score (nSPS) is 15.1. The molecule has 16 heavy (non-hydrogen) atoms. The summed E-state index contributed by atoms with van der Waals surface area (Å²) in [5, 5.41) is 12.3. The number of nitrogens with zero attached hydrogens (tertiary/aromatic N) is 1. The van der Waals surface area contributed by atoms with Crippen LogP contribution in [0.3, 0.4) is 0 Å². The molecule has 0 spiro atoms. The zero-order chi connectivity index (χ0) is 12.8. The van der Waals surface area contributed by atoms with E-state index in [0.717, 1.165) is 19.5 Å². The van der Waals surface area contributed by atoms with Crippen LogP contribution in [0, 0.1) is 0 Å². The van der Waals surface area contributed by atoms with Gasteiger partial charge in [-0.1, -0.05) is 0 Å². The second-order valence-corrected chi connectivity index (χ2v) is 5.33. The van der Waals surface area contributed by atoms with Crippen LogP contribution in [0.15, 0.2) is 0 Å². The van der Waals surface area contributed by atoms with Crippen LogP contribution >= 0.6 is 0 Å². The molecule has 0 aromatic carbocycles. The maximum absolute atomic E-state index is 10.3. The Morgan fingerprint density at radius 2 is 2.00 bits per heavy atom. The van der Waals surface area contributed by atoms with Crippen molar-refractivity contribution in [2.24, 2.45) is 0 Å². The standard InChI is InChI=1S/C8H20N2O5S/c1-9-5-4-6-10(2,3)7-8(11)15-16(12,13)14/h8-9,11H,4-7H2,1-3H3/p+1. The predicted octanol–water partition coefficient (Wildman–Crippen LogP) is -1.19. The van der Waals surface area contributed by atoms with E-state index in [4.69, 9.17) is 4.55 Å². The van der Waals surface area contributed by atoms with Gasteiger partial charge >= 0.3 is 10.4 Å². The second-order valence-electron chi connectivity index (χ2n) is 4.28. The fourth-order valence-corrected chi connectivity index (χ4v) is 1.71. The van der Waals surface area contributed by atoms with Crippen LogP contribution in [-0.2, 0) is 14.6 Å². The first-order chi connectivity index (χ1) is 7.16. The van der Waals surface area contributed by atoms with Crippen molar-refractivity contribution in [1.29, 1.82) is 0 Å². The van der Waals surface area contributed by atoms with E-state index in [1.54, 1.807) is 0 Å². The van der Waals surface area contributed by atoms with Gasteiger partial charge in [0.1, 0.15) is 6.54 Å². The smallest absolute Gasteiger partial charge is 0.363 e. The quantitative estimate of drug-likeness (QED) is 0.219. The molecule has 0 fully saturated rings. The summed E-state index contributed by atoms with van der Waals surface area (Å²) in [7, 11) is 0.929. The second kappa shape index (κ2) is 6.48. The molecule has 98 valence electrons. The first-order valence-corrected chi connectivity index (χ1v) is 6.33. The van der Waals surface area contributed by atoms with Crippen molar-refractivity contribution in [2.45, 2.75) is 12.7 Å². The first kappa shape index (κ1) is 15.8. The van der Waals surface area contributed by atoms with Gasteiger partial charge in [0.05, 0.1) is 20.6 Å². The molecule has 0 rings (SSSR count). The fraction of sp³-hybridized carbons (Fsp3) is 1.00. The zero-order valence-corrected chi connectivity index (χ0v) is 10.7. The minimum absolute atomic E-state index is 0.0868. The van der Waals surface area contributed by atoms with E-state index in [1.807, 2.05) is 21.1 Å². The van der Waals surface area contributed by atoms with Crippen molar-refractivity contribution < 1.29 is 26.7 Å². The summed E-state index contributed by atoms with van der Waals surface area (Å²) >= 11 is 0. The molecule has 0 aromatic heterocycles. The highest BCUT2D eigenvalue weighted by atomic mass is 32.3. The van der Waals surface area contributed by atoms with E-state index in [2.05, 4.69) is 9.50 Å². The molecule has 0 bridgehead atoms. The Hall–Kier alpha value is -0.250. The van der Waals surface area contributed by atoms with Gasteiger partial charge in [-0.2, -0.15) is 8.42 Å². The van der Waals surface area contributed by atoms with E-state index < -0.39 is 16.7 Å². The largest absolute Gasteiger partial charge is 0.400 e. The summed E-state index contributed by atoms with van der Waals surface area (Å²) in [5.74, 6) is 0. The maximum Gasteiger partial charge on any atom is 0.400 e. The van der Waals surface area contributed by atoms with Gasteiger partial charge in [0, 0.05) is 13.0 Å². The lowest BCUT2D eigenvalue weighted by atomic mass is 10.3. The maximum atomic E-state index is 10.3. The molecular formula is C8H21N2O5S+. The van der Waals surface area contributed by atoms with Gasteiger partial charge < -0.3 is 14.9 Å². The number of nitrogens with one attached hydrogen (secondary N) is 1. The van der Waals surface area contributed by atoms with Gasteiger partial charge in [-0.05, 0) is 7.05 Å².